The summed E-state index contributed by atoms with van der Waals surface area (Å²) in [6.45, 7) is 2.75. The van der Waals surface area contributed by atoms with Gasteiger partial charge in [-0.15, -0.1) is 23.2 Å². The van der Waals surface area contributed by atoms with Crippen LogP contribution in [0.2, 0.25) is 0 Å². The Kier molecular flexibility index (Phi) is 12.3. The van der Waals surface area contributed by atoms with Crippen molar-refractivity contribution in [1.29, 1.82) is 0 Å². The van der Waals surface area contributed by atoms with E-state index in [0.717, 1.165) is 12.8 Å². The number of ether oxygens (including phenoxy) is 5. The van der Waals surface area contributed by atoms with Gasteiger partial charge in [0.05, 0.1) is 26.4 Å². The summed E-state index contributed by atoms with van der Waals surface area (Å²) in [6, 6.07) is 0. The van der Waals surface area contributed by atoms with Gasteiger partial charge in [-0.3, -0.25) is 0 Å². The highest BCUT2D eigenvalue weighted by atomic mass is 35.5. The van der Waals surface area contributed by atoms with Crippen LogP contribution in [0.5, 0.6) is 0 Å². The second-order valence-electron chi connectivity index (χ2n) is 6.93. The standard InChI is InChI=1S/C19H34Cl2O5S/c1-22-12-13-23-15-19(25-10-7-20,26-11-8-21)18-16(5-4-9-24-18)17-6-2-3-14-27-17/h16-18H,2-15H2,1H3. The average Bonchev–Trinajstić information content (AvgIpc) is 2.73. The third-order valence-corrected chi connectivity index (χ3v) is 6.92. The highest BCUT2D eigenvalue weighted by molar-refractivity contribution is 7.99. The molecule has 8 heteroatoms. The van der Waals surface area contributed by atoms with Crippen molar-refractivity contribution in [3.63, 3.8) is 0 Å². The highest BCUT2D eigenvalue weighted by Crippen LogP contribution is 2.42. The lowest BCUT2D eigenvalue weighted by molar-refractivity contribution is -0.322. The minimum absolute atomic E-state index is 0.184. The molecular formula is C19H34Cl2O5S. The molecule has 2 heterocycles. The first-order valence-electron chi connectivity index (χ1n) is 9.97. The minimum atomic E-state index is -0.986. The SMILES string of the molecule is COCCOCC(OCCCl)(OCCCl)C1OCCCC1C1CCCCS1. The maximum atomic E-state index is 6.30. The van der Waals surface area contributed by atoms with Gasteiger partial charge in [0.25, 0.3) is 0 Å². The Bertz CT molecular complexity index is 377. The summed E-state index contributed by atoms with van der Waals surface area (Å²) >= 11 is 13.9. The predicted molar refractivity (Wildman–Crippen MR) is 111 cm³/mol. The van der Waals surface area contributed by atoms with E-state index in [1.807, 2.05) is 0 Å². The molecule has 0 aliphatic carbocycles. The van der Waals surface area contributed by atoms with E-state index in [2.05, 4.69) is 11.8 Å². The summed E-state index contributed by atoms with van der Waals surface area (Å²) in [5.74, 6) is 1.39. The number of hydrogen-bond acceptors (Lipinski definition) is 6. The second kappa shape index (κ2) is 13.9. The van der Waals surface area contributed by atoms with Gasteiger partial charge in [-0.1, -0.05) is 6.42 Å². The van der Waals surface area contributed by atoms with Crippen molar-refractivity contribution in [3.05, 3.63) is 0 Å². The largest absolute Gasteiger partial charge is 0.382 e. The Balaban J connectivity index is 2.18. The summed E-state index contributed by atoms with van der Waals surface area (Å²) in [7, 11) is 1.66. The minimum Gasteiger partial charge on any atom is -0.382 e. The Morgan fingerprint density at radius 1 is 1.00 bits per heavy atom. The zero-order valence-electron chi connectivity index (χ0n) is 16.3. The average molecular weight is 445 g/mol. The van der Waals surface area contributed by atoms with Crippen molar-refractivity contribution in [1.82, 2.24) is 0 Å². The van der Waals surface area contributed by atoms with Crippen molar-refractivity contribution in [3.8, 4) is 0 Å². The molecule has 2 aliphatic heterocycles. The molecule has 0 N–H and O–H groups in total. The molecule has 2 fully saturated rings. The molecule has 2 saturated heterocycles. The second-order valence-corrected chi connectivity index (χ2v) is 9.04. The van der Waals surface area contributed by atoms with Crippen molar-refractivity contribution in [2.75, 3.05) is 64.3 Å². The monoisotopic (exact) mass is 444 g/mol. The van der Waals surface area contributed by atoms with E-state index in [9.17, 15) is 0 Å². The smallest absolute Gasteiger partial charge is 0.219 e. The van der Waals surface area contributed by atoms with Crippen LogP contribution in [-0.4, -0.2) is 81.4 Å². The number of rotatable bonds is 13. The lowest BCUT2D eigenvalue weighted by Gasteiger charge is -2.47. The van der Waals surface area contributed by atoms with E-state index >= 15 is 0 Å². The van der Waals surface area contributed by atoms with Gasteiger partial charge in [0.1, 0.15) is 12.7 Å². The van der Waals surface area contributed by atoms with Gasteiger partial charge >= 0.3 is 0 Å². The van der Waals surface area contributed by atoms with Gasteiger partial charge in [0, 0.05) is 36.6 Å². The first-order chi connectivity index (χ1) is 13.3. The Labute approximate surface area is 178 Å². The molecule has 160 valence electrons. The van der Waals surface area contributed by atoms with Crippen LogP contribution >= 0.6 is 35.0 Å². The molecule has 27 heavy (non-hydrogen) atoms. The van der Waals surface area contributed by atoms with Crippen molar-refractivity contribution >= 4 is 35.0 Å². The maximum absolute atomic E-state index is 6.30. The molecular weight excluding hydrogens is 411 g/mol. The molecule has 0 aromatic rings. The van der Waals surface area contributed by atoms with E-state index in [4.69, 9.17) is 46.9 Å². The van der Waals surface area contributed by atoms with Crippen LogP contribution in [0, 0.1) is 5.92 Å². The normalized spacial score (nSPS) is 27.0. The van der Waals surface area contributed by atoms with E-state index in [1.165, 1.54) is 25.0 Å². The topological polar surface area (TPSA) is 46.2 Å². The molecule has 3 unspecified atom stereocenters. The molecule has 2 aliphatic rings. The van der Waals surface area contributed by atoms with E-state index < -0.39 is 5.79 Å². The molecule has 0 aromatic carbocycles. The fraction of sp³-hybridized carbons (Fsp3) is 1.00. The van der Waals surface area contributed by atoms with Gasteiger partial charge in [-0.05, 0) is 31.4 Å². The summed E-state index contributed by atoms with van der Waals surface area (Å²) in [4.78, 5) is 0. The zero-order chi connectivity index (χ0) is 19.4. The molecule has 5 nitrogen and oxygen atoms in total. The molecule has 0 aromatic heterocycles. The van der Waals surface area contributed by atoms with Crippen LogP contribution in [-0.2, 0) is 23.7 Å². The highest BCUT2D eigenvalue weighted by Gasteiger charge is 2.50. The van der Waals surface area contributed by atoms with E-state index in [-0.39, 0.29) is 12.7 Å². The fourth-order valence-corrected chi connectivity index (χ4v) is 5.58. The third kappa shape index (κ3) is 7.49. The Hall–Kier alpha value is 0.730. The van der Waals surface area contributed by atoms with Gasteiger partial charge in [0.2, 0.25) is 5.79 Å². The van der Waals surface area contributed by atoms with Crippen LogP contribution in [0.1, 0.15) is 32.1 Å². The van der Waals surface area contributed by atoms with Gasteiger partial charge in [0.15, 0.2) is 0 Å². The first-order valence-corrected chi connectivity index (χ1v) is 12.1. The number of halogens is 2. The molecule has 0 saturated carbocycles. The lowest BCUT2D eigenvalue weighted by Crippen LogP contribution is -2.59. The van der Waals surface area contributed by atoms with Gasteiger partial charge in [-0.2, -0.15) is 11.8 Å². The van der Waals surface area contributed by atoms with Crippen LogP contribution < -0.4 is 0 Å². The van der Waals surface area contributed by atoms with Crippen molar-refractivity contribution in [2.24, 2.45) is 5.92 Å². The number of thioether (sulfide) groups is 1. The van der Waals surface area contributed by atoms with E-state index in [1.54, 1.807) is 7.11 Å². The zero-order valence-corrected chi connectivity index (χ0v) is 18.7. The summed E-state index contributed by atoms with van der Waals surface area (Å²) in [6.07, 6.45) is 5.82. The van der Waals surface area contributed by atoms with Crippen LogP contribution in [0.25, 0.3) is 0 Å². The number of alkyl halides is 2. The molecule has 0 radical (unpaired) electrons. The predicted octanol–water partition coefficient (Wildman–Crippen LogP) is 3.94. The van der Waals surface area contributed by atoms with Gasteiger partial charge in [-0.25, -0.2) is 0 Å². The van der Waals surface area contributed by atoms with Crippen LogP contribution in [0.3, 0.4) is 0 Å². The van der Waals surface area contributed by atoms with E-state index in [0.29, 0.717) is 56.0 Å². The Morgan fingerprint density at radius 2 is 1.78 bits per heavy atom. The molecule has 3 atom stereocenters. The molecule has 0 bridgehead atoms. The number of hydrogen-bond donors (Lipinski definition) is 0. The summed E-state index contributed by atoms with van der Waals surface area (Å²) in [5.41, 5.74) is 0. The molecule has 0 spiro atoms. The molecule has 0 amide bonds. The van der Waals surface area contributed by atoms with Crippen LogP contribution in [0.15, 0.2) is 0 Å². The third-order valence-electron chi connectivity index (χ3n) is 5.08. The Morgan fingerprint density at radius 3 is 2.41 bits per heavy atom. The van der Waals surface area contributed by atoms with Gasteiger partial charge < -0.3 is 23.7 Å². The maximum Gasteiger partial charge on any atom is 0.219 e. The fourth-order valence-electron chi connectivity index (χ4n) is 3.89. The lowest BCUT2D eigenvalue weighted by atomic mass is 9.84. The first kappa shape index (κ1) is 24.0. The van der Waals surface area contributed by atoms with Crippen molar-refractivity contribution < 1.29 is 23.7 Å². The summed E-state index contributed by atoms with van der Waals surface area (Å²) < 4.78 is 29.7. The van der Waals surface area contributed by atoms with Crippen LogP contribution in [0.4, 0.5) is 0 Å². The molecule has 2 rings (SSSR count). The summed E-state index contributed by atoms with van der Waals surface area (Å²) in [5, 5.41) is 0.571. The van der Waals surface area contributed by atoms with Crippen molar-refractivity contribution in [2.45, 2.75) is 49.2 Å². The quantitative estimate of drug-likeness (QED) is 0.243. The number of methoxy groups -OCH3 is 1.